The van der Waals surface area contributed by atoms with Crippen LogP contribution in [-0.2, 0) is 21.3 Å². The summed E-state index contributed by atoms with van der Waals surface area (Å²) in [4.78, 5) is 17.9. The van der Waals surface area contributed by atoms with Gasteiger partial charge in [-0.2, -0.15) is 4.99 Å². The molecule has 7 nitrogen and oxygen atoms in total. The van der Waals surface area contributed by atoms with E-state index in [1.807, 2.05) is 35.8 Å². The molecule has 3 aromatic carbocycles. The van der Waals surface area contributed by atoms with Gasteiger partial charge in [-0.25, -0.2) is 8.42 Å². The summed E-state index contributed by atoms with van der Waals surface area (Å²) >= 11 is 7.26. The number of thiazole rings is 1. The van der Waals surface area contributed by atoms with Crippen LogP contribution < -0.4 is 9.52 Å². The molecule has 0 aliphatic rings. The third-order valence-electron chi connectivity index (χ3n) is 4.96. The molecule has 0 atom stereocenters. The van der Waals surface area contributed by atoms with E-state index in [0.29, 0.717) is 40.8 Å². The van der Waals surface area contributed by atoms with Crippen molar-refractivity contribution in [2.45, 2.75) is 18.4 Å². The number of ether oxygens (including phenoxy) is 1. The third kappa shape index (κ3) is 5.56. The fourth-order valence-corrected chi connectivity index (χ4v) is 5.52. The topological polar surface area (TPSA) is 89.8 Å². The van der Waals surface area contributed by atoms with Gasteiger partial charge >= 0.3 is 0 Å². The average molecular weight is 516 g/mol. The van der Waals surface area contributed by atoms with Crippen LogP contribution in [0, 0.1) is 0 Å². The highest BCUT2D eigenvalue weighted by Gasteiger charge is 2.15. The summed E-state index contributed by atoms with van der Waals surface area (Å²) in [6.07, 6.45) is 0. The van der Waals surface area contributed by atoms with Gasteiger partial charge in [0.15, 0.2) is 4.80 Å². The molecule has 1 heterocycles. The van der Waals surface area contributed by atoms with Crippen molar-refractivity contribution in [3.8, 4) is 0 Å². The van der Waals surface area contributed by atoms with E-state index in [-0.39, 0.29) is 4.90 Å². The lowest BCUT2D eigenvalue weighted by atomic mass is 10.2. The first-order valence-corrected chi connectivity index (χ1v) is 13.2. The number of benzene rings is 3. The van der Waals surface area contributed by atoms with Gasteiger partial charge in [0.05, 0.1) is 21.7 Å². The molecule has 10 heteroatoms. The molecular formula is C24H22ClN3O4S2. The maximum atomic E-state index is 12.9. The Morgan fingerprint density at radius 3 is 2.47 bits per heavy atom. The number of hydrogen-bond acceptors (Lipinski definition) is 5. The largest absolute Gasteiger partial charge is 0.380 e. The summed E-state index contributed by atoms with van der Waals surface area (Å²) in [5.74, 6) is -0.413. The fourth-order valence-electron chi connectivity index (χ4n) is 3.28. The van der Waals surface area contributed by atoms with Crippen molar-refractivity contribution >= 4 is 54.8 Å². The molecule has 1 aromatic heterocycles. The molecule has 0 saturated carbocycles. The lowest BCUT2D eigenvalue weighted by molar-refractivity contribution is 0.0996. The van der Waals surface area contributed by atoms with Gasteiger partial charge in [0.1, 0.15) is 0 Å². The fraction of sp³-hybridized carbons (Fsp3) is 0.167. The van der Waals surface area contributed by atoms with Crippen molar-refractivity contribution in [3.05, 3.63) is 88.2 Å². The summed E-state index contributed by atoms with van der Waals surface area (Å²) < 4.78 is 36.1. The molecule has 4 aromatic rings. The zero-order valence-electron chi connectivity index (χ0n) is 18.3. The first kappa shape index (κ1) is 24.2. The van der Waals surface area contributed by atoms with Gasteiger partial charge in [0.2, 0.25) is 0 Å². The van der Waals surface area contributed by atoms with E-state index in [1.54, 1.807) is 12.1 Å². The molecule has 0 aliphatic carbocycles. The molecule has 0 aliphatic heterocycles. The lowest BCUT2D eigenvalue weighted by Gasteiger charge is -2.08. The second-order valence-electron chi connectivity index (χ2n) is 7.25. The van der Waals surface area contributed by atoms with Crippen LogP contribution in [0.1, 0.15) is 17.3 Å². The molecule has 0 spiro atoms. The normalized spacial score (nSPS) is 12.2. The number of hydrogen-bond donors (Lipinski definition) is 1. The molecule has 0 radical (unpaired) electrons. The Bertz CT molecular complexity index is 1480. The van der Waals surface area contributed by atoms with Crippen LogP contribution in [0.15, 0.2) is 82.7 Å². The van der Waals surface area contributed by atoms with E-state index < -0.39 is 15.9 Å². The summed E-state index contributed by atoms with van der Waals surface area (Å²) in [7, 11) is -3.77. The molecule has 176 valence electrons. The number of para-hydroxylation sites is 1. The van der Waals surface area contributed by atoms with Crippen LogP contribution in [0.3, 0.4) is 0 Å². The summed E-state index contributed by atoms with van der Waals surface area (Å²) in [6.45, 7) is 3.64. The van der Waals surface area contributed by atoms with Gasteiger partial charge in [0, 0.05) is 29.4 Å². The first-order chi connectivity index (χ1) is 16.4. The van der Waals surface area contributed by atoms with Crippen LogP contribution in [0.2, 0.25) is 5.02 Å². The molecular weight excluding hydrogens is 494 g/mol. The number of halogens is 1. The summed E-state index contributed by atoms with van der Waals surface area (Å²) in [5, 5.41) is 0.448. The average Bonchev–Trinajstić information content (AvgIpc) is 3.16. The number of sulfonamides is 1. The van der Waals surface area contributed by atoms with Crippen molar-refractivity contribution in [2.75, 3.05) is 17.9 Å². The molecule has 0 bridgehead atoms. The van der Waals surface area contributed by atoms with Gasteiger partial charge in [-0.3, -0.25) is 9.52 Å². The maximum Gasteiger partial charge on any atom is 0.279 e. The Labute approximate surface area is 206 Å². The van der Waals surface area contributed by atoms with Gasteiger partial charge in [-0.05, 0) is 67.6 Å². The maximum absolute atomic E-state index is 12.9. The van der Waals surface area contributed by atoms with Gasteiger partial charge in [-0.15, -0.1) is 0 Å². The Morgan fingerprint density at radius 1 is 1.06 bits per heavy atom. The third-order valence-corrected chi connectivity index (χ3v) is 7.67. The van der Waals surface area contributed by atoms with Gasteiger partial charge in [-0.1, -0.05) is 35.1 Å². The molecule has 1 N–H and O–H groups in total. The van der Waals surface area contributed by atoms with Gasteiger partial charge < -0.3 is 9.30 Å². The zero-order valence-corrected chi connectivity index (χ0v) is 20.7. The van der Waals surface area contributed by atoms with Crippen molar-refractivity contribution in [3.63, 3.8) is 0 Å². The van der Waals surface area contributed by atoms with E-state index >= 15 is 0 Å². The predicted molar refractivity (Wildman–Crippen MR) is 135 cm³/mol. The smallest absolute Gasteiger partial charge is 0.279 e. The number of carbonyl (C=O) groups is 1. The second kappa shape index (κ2) is 10.5. The van der Waals surface area contributed by atoms with E-state index in [2.05, 4.69) is 9.71 Å². The van der Waals surface area contributed by atoms with Crippen molar-refractivity contribution in [2.24, 2.45) is 4.99 Å². The standard InChI is InChI=1S/C24H22ClN3O4S2/c1-2-32-16-15-28-21-5-3-4-6-22(21)33-24(28)26-23(29)17-7-11-19(12-8-17)27-34(30,31)20-13-9-18(25)10-14-20/h3-14,27H,2,15-16H2,1H3. The quantitative estimate of drug-likeness (QED) is 0.337. The highest BCUT2D eigenvalue weighted by Crippen LogP contribution is 2.20. The summed E-state index contributed by atoms with van der Waals surface area (Å²) in [6, 6.07) is 19.9. The Kier molecular flexibility index (Phi) is 7.47. The van der Waals surface area contributed by atoms with E-state index in [1.165, 1.54) is 47.7 Å². The molecule has 1 amide bonds. The number of anilines is 1. The Morgan fingerprint density at radius 2 is 1.76 bits per heavy atom. The number of aromatic nitrogens is 1. The van der Waals surface area contributed by atoms with E-state index in [0.717, 1.165) is 10.2 Å². The van der Waals surface area contributed by atoms with Crippen molar-refractivity contribution in [1.82, 2.24) is 4.57 Å². The SMILES string of the molecule is CCOCCn1c(=NC(=O)c2ccc(NS(=O)(=O)c3ccc(Cl)cc3)cc2)sc2ccccc21. The van der Waals surface area contributed by atoms with Crippen LogP contribution in [-0.4, -0.2) is 32.1 Å². The van der Waals surface area contributed by atoms with E-state index in [4.69, 9.17) is 16.3 Å². The number of fused-ring (bicyclic) bond motifs is 1. The zero-order chi connectivity index (χ0) is 24.1. The van der Waals surface area contributed by atoms with Crippen molar-refractivity contribution in [1.29, 1.82) is 0 Å². The summed E-state index contributed by atoms with van der Waals surface area (Å²) in [5.41, 5.74) is 1.68. The molecule has 0 unspecified atom stereocenters. The number of amides is 1. The van der Waals surface area contributed by atoms with Crippen molar-refractivity contribution < 1.29 is 17.9 Å². The number of rotatable bonds is 8. The Hall–Kier alpha value is -2.98. The number of nitrogens with zero attached hydrogens (tertiary/aromatic N) is 2. The highest BCUT2D eigenvalue weighted by atomic mass is 35.5. The molecule has 0 saturated heterocycles. The monoisotopic (exact) mass is 515 g/mol. The van der Waals surface area contributed by atoms with Crippen LogP contribution in [0.25, 0.3) is 10.2 Å². The minimum Gasteiger partial charge on any atom is -0.380 e. The molecule has 4 rings (SSSR count). The first-order valence-electron chi connectivity index (χ1n) is 10.5. The minimum atomic E-state index is -3.77. The molecule has 34 heavy (non-hydrogen) atoms. The lowest BCUT2D eigenvalue weighted by Crippen LogP contribution is -2.19. The minimum absolute atomic E-state index is 0.0911. The van der Waals surface area contributed by atoms with Crippen LogP contribution in [0.4, 0.5) is 5.69 Å². The van der Waals surface area contributed by atoms with E-state index in [9.17, 15) is 13.2 Å². The molecule has 0 fully saturated rings. The Balaban J connectivity index is 1.57. The number of carbonyl (C=O) groups excluding carboxylic acids is 1. The van der Waals surface area contributed by atoms with Gasteiger partial charge in [0.25, 0.3) is 15.9 Å². The predicted octanol–water partition coefficient (Wildman–Crippen LogP) is 4.93. The number of nitrogens with one attached hydrogen (secondary N) is 1. The highest BCUT2D eigenvalue weighted by molar-refractivity contribution is 7.92. The van der Waals surface area contributed by atoms with Crippen LogP contribution >= 0.6 is 22.9 Å². The second-order valence-corrected chi connectivity index (χ2v) is 10.4. The van der Waals surface area contributed by atoms with Crippen LogP contribution in [0.5, 0.6) is 0 Å².